The number of rotatable bonds is 4. The predicted molar refractivity (Wildman–Crippen MR) is 74.1 cm³/mol. The van der Waals surface area contributed by atoms with E-state index in [1.54, 1.807) is 7.11 Å². The third-order valence-electron chi connectivity index (χ3n) is 3.19. The molecule has 0 saturated carbocycles. The molecule has 1 aromatic rings. The van der Waals surface area contributed by atoms with E-state index >= 15 is 0 Å². The summed E-state index contributed by atoms with van der Waals surface area (Å²) in [7, 11) is 1.63. The standard InChI is InChI=1S/C14H23N3O2/c1-14(2)10-17(9-12(7-15)19-14)8-11-5-4-6-13(16-11)18-3/h4-6,12H,7-10,15H2,1-3H3. The molecule has 1 fully saturated rings. The van der Waals surface area contributed by atoms with Crippen LogP contribution >= 0.6 is 0 Å². The Balaban J connectivity index is 2.04. The van der Waals surface area contributed by atoms with Crippen molar-refractivity contribution in [3.63, 3.8) is 0 Å². The number of methoxy groups -OCH3 is 1. The molecular formula is C14H23N3O2. The molecule has 1 atom stereocenters. The molecule has 2 heterocycles. The molecule has 2 rings (SSSR count). The van der Waals surface area contributed by atoms with E-state index in [2.05, 4.69) is 23.7 Å². The molecule has 0 amide bonds. The summed E-state index contributed by atoms with van der Waals surface area (Å²) in [6.07, 6.45) is 0.0920. The molecule has 5 nitrogen and oxygen atoms in total. The number of pyridine rings is 1. The summed E-state index contributed by atoms with van der Waals surface area (Å²) in [5, 5.41) is 0. The molecule has 19 heavy (non-hydrogen) atoms. The van der Waals surface area contributed by atoms with Crippen molar-refractivity contribution >= 4 is 0 Å². The maximum absolute atomic E-state index is 5.92. The fourth-order valence-electron chi connectivity index (χ4n) is 2.55. The van der Waals surface area contributed by atoms with Crippen LogP contribution in [-0.2, 0) is 11.3 Å². The molecule has 2 N–H and O–H groups in total. The lowest BCUT2D eigenvalue weighted by atomic mass is 10.0. The maximum Gasteiger partial charge on any atom is 0.213 e. The first-order valence-electron chi connectivity index (χ1n) is 6.62. The zero-order valence-electron chi connectivity index (χ0n) is 11.9. The Hall–Kier alpha value is -1.17. The second kappa shape index (κ2) is 5.86. The van der Waals surface area contributed by atoms with Gasteiger partial charge in [0.2, 0.25) is 5.88 Å². The summed E-state index contributed by atoms with van der Waals surface area (Å²) >= 11 is 0. The van der Waals surface area contributed by atoms with Crippen LogP contribution in [0.15, 0.2) is 18.2 Å². The number of hydrogen-bond donors (Lipinski definition) is 1. The molecule has 0 radical (unpaired) electrons. The largest absolute Gasteiger partial charge is 0.481 e. The van der Waals surface area contributed by atoms with E-state index in [0.29, 0.717) is 12.4 Å². The second-order valence-corrected chi connectivity index (χ2v) is 5.58. The van der Waals surface area contributed by atoms with Gasteiger partial charge in [-0.25, -0.2) is 4.98 Å². The summed E-state index contributed by atoms with van der Waals surface area (Å²) in [6, 6.07) is 5.84. The summed E-state index contributed by atoms with van der Waals surface area (Å²) in [6.45, 7) is 7.26. The Morgan fingerprint density at radius 3 is 3.00 bits per heavy atom. The Morgan fingerprint density at radius 2 is 2.32 bits per heavy atom. The monoisotopic (exact) mass is 265 g/mol. The lowest BCUT2D eigenvalue weighted by Gasteiger charge is -2.42. The SMILES string of the molecule is COc1cccc(CN2CC(CN)OC(C)(C)C2)n1. The molecule has 1 aliphatic rings. The van der Waals surface area contributed by atoms with Crippen LogP contribution < -0.4 is 10.5 Å². The van der Waals surface area contributed by atoms with Crippen molar-refractivity contribution in [2.45, 2.75) is 32.1 Å². The van der Waals surface area contributed by atoms with Crippen LogP contribution in [0, 0.1) is 0 Å². The zero-order chi connectivity index (χ0) is 13.9. The molecule has 1 unspecified atom stereocenters. The highest BCUT2D eigenvalue weighted by atomic mass is 16.5. The van der Waals surface area contributed by atoms with E-state index in [1.165, 1.54) is 0 Å². The van der Waals surface area contributed by atoms with Crippen molar-refractivity contribution in [2.75, 3.05) is 26.7 Å². The van der Waals surface area contributed by atoms with Crippen LogP contribution in [0.25, 0.3) is 0 Å². The quantitative estimate of drug-likeness (QED) is 0.881. The predicted octanol–water partition coefficient (Wildman–Crippen LogP) is 1.03. The highest BCUT2D eigenvalue weighted by Gasteiger charge is 2.32. The fraction of sp³-hybridized carbons (Fsp3) is 0.643. The van der Waals surface area contributed by atoms with Crippen molar-refractivity contribution in [3.05, 3.63) is 23.9 Å². The van der Waals surface area contributed by atoms with Crippen LogP contribution in [0.2, 0.25) is 0 Å². The van der Waals surface area contributed by atoms with Crippen molar-refractivity contribution in [2.24, 2.45) is 5.73 Å². The normalized spacial score (nSPS) is 23.3. The van der Waals surface area contributed by atoms with E-state index in [-0.39, 0.29) is 11.7 Å². The van der Waals surface area contributed by atoms with Crippen molar-refractivity contribution in [3.8, 4) is 5.88 Å². The minimum absolute atomic E-state index is 0.0920. The van der Waals surface area contributed by atoms with Gasteiger partial charge >= 0.3 is 0 Å². The van der Waals surface area contributed by atoms with Gasteiger partial charge in [0.25, 0.3) is 0 Å². The van der Waals surface area contributed by atoms with Gasteiger partial charge in [0, 0.05) is 32.2 Å². The smallest absolute Gasteiger partial charge is 0.213 e. The van der Waals surface area contributed by atoms with Gasteiger partial charge in [-0.2, -0.15) is 0 Å². The number of nitrogens with zero attached hydrogens (tertiary/aromatic N) is 2. The van der Waals surface area contributed by atoms with Crippen LogP contribution in [0.4, 0.5) is 0 Å². The third-order valence-corrected chi connectivity index (χ3v) is 3.19. The first-order chi connectivity index (χ1) is 9.02. The average Bonchev–Trinajstić information content (AvgIpc) is 2.37. The van der Waals surface area contributed by atoms with E-state index in [9.17, 15) is 0 Å². The zero-order valence-corrected chi connectivity index (χ0v) is 11.9. The number of hydrogen-bond acceptors (Lipinski definition) is 5. The van der Waals surface area contributed by atoms with Crippen molar-refractivity contribution in [1.82, 2.24) is 9.88 Å². The number of morpholine rings is 1. The molecule has 0 aromatic carbocycles. The van der Waals surface area contributed by atoms with E-state index in [0.717, 1.165) is 25.3 Å². The van der Waals surface area contributed by atoms with Crippen LogP contribution in [0.5, 0.6) is 5.88 Å². The molecule has 0 spiro atoms. The van der Waals surface area contributed by atoms with Gasteiger partial charge in [-0.05, 0) is 19.9 Å². The Bertz CT molecular complexity index is 423. The van der Waals surface area contributed by atoms with Gasteiger partial charge in [-0.15, -0.1) is 0 Å². The van der Waals surface area contributed by atoms with Gasteiger partial charge in [0.05, 0.1) is 24.5 Å². The molecule has 0 bridgehead atoms. The highest BCUT2D eigenvalue weighted by Crippen LogP contribution is 2.22. The van der Waals surface area contributed by atoms with Crippen molar-refractivity contribution < 1.29 is 9.47 Å². The average molecular weight is 265 g/mol. The number of nitrogens with two attached hydrogens (primary N) is 1. The minimum atomic E-state index is -0.166. The summed E-state index contributed by atoms with van der Waals surface area (Å²) in [5.41, 5.74) is 6.58. The van der Waals surface area contributed by atoms with E-state index in [4.69, 9.17) is 15.2 Å². The fourth-order valence-corrected chi connectivity index (χ4v) is 2.55. The Morgan fingerprint density at radius 1 is 1.53 bits per heavy atom. The summed E-state index contributed by atoms with van der Waals surface area (Å²) < 4.78 is 11.1. The maximum atomic E-state index is 5.92. The van der Waals surface area contributed by atoms with Gasteiger partial charge < -0.3 is 15.2 Å². The number of ether oxygens (including phenoxy) is 2. The lowest BCUT2D eigenvalue weighted by Crippen LogP contribution is -2.54. The van der Waals surface area contributed by atoms with Gasteiger partial charge in [0.15, 0.2) is 0 Å². The van der Waals surface area contributed by atoms with Crippen LogP contribution in [0.3, 0.4) is 0 Å². The lowest BCUT2D eigenvalue weighted by molar-refractivity contribution is -0.134. The summed E-state index contributed by atoms with van der Waals surface area (Å²) in [5.74, 6) is 0.653. The van der Waals surface area contributed by atoms with E-state index in [1.807, 2.05) is 18.2 Å². The minimum Gasteiger partial charge on any atom is -0.481 e. The first-order valence-corrected chi connectivity index (χ1v) is 6.62. The van der Waals surface area contributed by atoms with Gasteiger partial charge in [-0.3, -0.25) is 4.90 Å². The van der Waals surface area contributed by atoms with Crippen molar-refractivity contribution in [1.29, 1.82) is 0 Å². The molecule has 5 heteroatoms. The molecule has 1 saturated heterocycles. The molecule has 1 aliphatic heterocycles. The Kier molecular flexibility index (Phi) is 4.39. The second-order valence-electron chi connectivity index (χ2n) is 5.58. The molecular weight excluding hydrogens is 242 g/mol. The Labute approximate surface area is 114 Å². The van der Waals surface area contributed by atoms with Crippen LogP contribution in [0.1, 0.15) is 19.5 Å². The van der Waals surface area contributed by atoms with Crippen LogP contribution in [-0.4, -0.2) is 48.3 Å². The summed E-state index contributed by atoms with van der Waals surface area (Å²) in [4.78, 5) is 6.78. The van der Waals surface area contributed by atoms with Gasteiger partial charge in [-0.1, -0.05) is 6.07 Å². The first kappa shape index (κ1) is 14.2. The molecule has 106 valence electrons. The number of aromatic nitrogens is 1. The topological polar surface area (TPSA) is 60.6 Å². The highest BCUT2D eigenvalue weighted by molar-refractivity contribution is 5.15. The molecule has 0 aliphatic carbocycles. The molecule has 1 aromatic heterocycles. The van der Waals surface area contributed by atoms with Gasteiger partial charge in [0.1, 0.15) is 0 Å². The van der Waals surface area contributed by atoms with E-state index < -0.39 is 0 Å². The third kappa shape index (κ3) is 3.89.